The fourth-order valence-electron chi connectivity index (χ4n) is 2.55. The number of hydrogen-bond donors (Lipinski definition) is 2. The molecular weight excluding hydrogens is 483 g/mol. The van der Waals surface area contributed by atoms with Crippen LogP contribution in [-0.4, -0.2) is 51.7 Å². The van der Waals surface area contributed by atoms with E-state index in [0.29, 0.717) is 13.2 Å². The minimum Gasteiger partial charge on any atom is -0.492 e. The summed E-state index contributed by atoms with van der Waals surface area (Å²) >= 11 is 1.79. The van der Waals surface area contributed by atoms with Crippen LogP contribution in [0.1, 0.15) is 24.3 Å². The minimum atomic E-state index is 0. The van der Waals surface area contributed by atoms with Crippen molar-refractivity contribution in [1.29, 1.82) is 0 Å². The van der Waals surface area contributed by atoms with Crippen LogP contribution < -0.4 is 15.4 Å². The summed E-state index contributed by atoms with van der Waals surface area (Å²) in [5.74, 6) is 1.71. The lowest BCUT2D eigenvalue weighted by molar-refractivity contribution is 0.261. The fourth-order valence-corrected chi connectivity index (χ4v) is 3.41. The maximum absolute atomic E-state index is 5.81. The highest BCUT2D eigenvalue weighted by atomic mass is 127. The third-order valence-electron chi connectivity index (χ3n) is 4.28. The first kappa shape index (κ1) is 24.7. The van der Waals surface area contributed by atoms with Crippen LogP contribution in [0.15, 0.2) is 46.8 Å². The summed E-state index contributed by atoms with van der Waals surface area (Å²) in [6.45, 7) is 7.59. The highest BCUT2D eigenvalue weighted by Crippen LogP contribution is 2.26. The number of nitrogens with one attached hydrogen (secondary N) is 2. The summed E-state index contributed by atoms with van der Waals surface area (Å²) in [4.78, 5) is 7.82. The largest absolute Gasteiger partial charge is 0.492 e. The molecule has 0 bridgehead atoms. The molecule has 28 heavy (non-hydrogen) atoms. The van der Waals surface area contributed by atoms with Gasteiger partial charge in [0.2, 0.25) is 0 Å². The van der Waals surface area contributed by atoms with E-state index in [1.807, 2.05) is 26.2 Å². The molecule has 0 saturated carbocycles. The van der Waals surface area contributed by atoms with Crippen molar-refractivity contribution in [2.24, 2.45) is 4.99 Å². The molecule has 0 fully saturated rings. The SMILES string of the molecule is CN=C(NCc1cccc(OCCN(C)C)c1)NCC(C)(C)c1cccs1.I. The first-order chi connectivity index (χ1) is 12.9. The molecule has 0 amide bonds. The van der Waals surface area contributed by atoms with E-state index in [1.54, 1.807) is 18.4 Å². The highest BCUT2D eigenvalue weighted by molar-refractivity contribution is 14.0. The first-order valence-electron chi connectivity index (χ1n) is 9.26. The third-order valence-corrected chi connectivity index (χ3v) is 5.51. The van der Waals surface area contributed by atoms with Gasteiger partial charge >= 0.3 is 0 Å². The van der Waals surface area contributed by atoms with Crippen LogP contribution in [-0.2, 0) is 12.0 Å². The zero-order valence-electron chi connectivity index (χ0n) is 17.5. The summed E-state index contributed by atoms with van der Waals surface area (Å²) in [6, 6.07) is 12.5. The number of likely N-dealkylation sites (N-methyl/N-ethyl adjacent to an activating group) is 1. The molecule has 0 aliphatic rings. The van der Waals surface area contributed by atoms with Gasteiger partial charge in [0.25, 0.3) is 0 Å². The highest BCUT2D eigenvalue weighted by Gasteiger charge is 2.21. The summed E-state index contributed by atoms with van der Waals surface area (Å²) in [5, 5.41) is 8.94. The fraction of sp³-hybridized carbons (Fsp3) is 0.476. The molecule has 1 aromatic heterocycles. The predicted molar refractivity (Wildman–Crippen MR) is 131 cm³/mol. The van der Waals surface area contributed by atoms with Crippen LogP contribution in [0.25, 0.3) is 0 Å². The quantitative estimate of drug-likeness (QED) is 0.301. The van der Waals surface area contributed by atoms with Crippen molar-refractivity contribution in [3.05, 3.63) is 52.2 Å². The molecule has 0 saturated heterocycles. The second kappa shape index (κ2) is 12.3. The Labute approximate surface area is 190 Å². The molecule has 0 radical (unpaired) electrons. The molecule has 0 atom stereocenters. The zero-order chi connectivity index (χ0) is 19.7. The van der Waals surface area contributed by atoms with Crippen molar-refractivity contribution >= 4 is 41.3 Å². The molecule has 1 aromatic carbocycles. The van der Waals surface area contributed by atoms with E-state index in [0.717, 1.165) is 30.4 Å². The summed E-state index contributed by atoms with van der Waals surface area (Å²) < 4.78 is 5.81. The molecule has 0 unspecified atom stereocenters. The average Bonchev–Trinajstić information content (AvgIpc) is 3.17. The standard InChI is InChI=1S/C21H32N4OS.HI/c1-21(2,19-10-7-13-27-19)16-24-20(22-3)23-15-17-8-6-9-18(14-17)26-12-11-25(4)5;/h6-10,13-14H,11-12,15-16H2,1-5H3,(H2,22,23,24);1H. The summed E-state index contributed by atoms with van der Waals surface area (Å²) in [5.41, 5.74) is 1.23. The maximum atomic E-state index is 5.81. The molecule has 1 heterocycles. The van der Waals surface area contributed by atoms with Crippen molar-refractivity contribution in [3.8, 4) is 5.75 Å². The van der Waals surface area contributed by atoms with Gasteiger partial charge in [-0.15, -0.1) is 35.3 Å². The van der Waals surface area contributed by atoms with E-state index in [4.69, 9.17) is 4.74 Å². The third kappa shape index (κ3) is 8.36. The van der Waals surface area contributed by atoms with Crippen molar-refractivity contribution in [2.75, 3.05) is 40.8 Å². The van der Waals surface area contributed by atoms with Gasteiger partial charge in [0.15, 0.2) is 5.96 Å². The maximum Gasteiger partial charge on any atom is 0.191 e. The monoisotopic (exact) mass is 516 g/mol. The lowest BCUT2D eigenvalue weighted by Crippen LogP contribution is -2.42. The molecule has 0 spiro atoms. The Bertz CT molecular complexity index is 717. The van der Waals surface area contributed by atoms with Gasteiger partial charge < -0.3 is 20.3 Å². The van der Waals surface area contributed by atoms with E-state index >= 15 is 0 Å². The number of ether oxygens (including phenoxy) is 1. The van der Waals surface area contributed by atoms with E-state index in [-0.39, 0.29) is 29.4 Å². The molecule has 2 rings (SSSR count). The van der Waals surface area contributed by atoms with Gasteiger partial charge in [-0.05, 0) is 43.2 Å². The molecule has 2 N–H and O–H groups in total. The molecule has 0 aliphatic heterocycles. The van der Waals surface area contributed by atoms with Crippen molar-refractivity contribution < 1.29 is 4.74 Å². The molecule has 156 valence electrons. The molecule has 2 aromatic rings. The van der Waals surface area contributed by atoms with Crippen molar-refractivity contribution in [1.82, 2.24) is 15.5 Å². The van der Waals surface area contributed by atoms with E-state index in [9.17, 15) is 0 Å². The smallest absolute Gasteiger partial charge is 0.191 e. The number of hydrogen-bond acceptors (Lipinski definition) is 4. The minimum absolute atomic E-state index is 0. The summed E-state index contributed by atoms with van der Waals surface area (Å²) in [6.07, 6.45) is 0. The van der Waals surface area contributed by atoms with Crippen LogP contribution in [0.5, 0.6) is 5.75 Å². The van der Waals surface area contributed by atoms with Gasteiger partial charge in [-0.3, -0.25) is 4.99 Å². The molecule has 5 nitrogen and oxygen atoms in total. The summed E-state index contributed by atoms with van der Waals surface area (Å²) in [7, 11) is 5.89. The van der Waals surface area contributed by atoms with Gasteiger partial charge in [0.05, 0.1) is 0 Å². The number of halogens is 1. The topological polar surface area (TPSA) is 48.9 Å². The van der Waals surface area contributed by atoms with Gasteiger partial charge in [0, 0.05) is 37.0 Å². The Morgan fingerprint density at radius 2 is 1.96 bits per heavy atom. The zero-order valence-corrected chi connectivity index (χ0v) is 20.6. The van der Waals surface area contributed by atoms with E-state index in [2.05, 4.69) is 64.0 Å². The van der Waals surface area contributed by atoms with Crippen molar-refractivity contribution in [2.45, 2.75) is 25.8 Å². The Morgan fingerprint density at radius 1 is 1.18 bits per heavy atom. The van der Waals surface area contributed by atoms with Crippen LogP contribution in [0.2, 0.25) is 0 Å². The first-order valence-corrected chi connectivity index (χ1v) is 10.1. The second-order valence-electron chi connectivity index (χ2n) is 7.44. The van der Waals surface area contributed by atoms with Gasteiger partial charge in [-0.25, -0.2) is 0 Å². The number of guanidine groups is 1. The Hall–Kier alpha value is -1.32. The lowest BCUT2D eigenvalue weighted by Gasteiger charge is -2.25. The van der Waals surface area contributed by atoms with Crippen LogP contribution >= 0.6 is 35.3 Å². The van der Waals surface area contributed by atoms with Crippen molar-refractivity contribution in [3.63, 3.8) is 0 Å². The number of benzene rings is 1. The number of thiophene rings is 1. The second-order valence-corrected chi connectivity index (χ2v) is 8.39. The Morgan fingerprint density at radius 3 is 2.61 bits per heavy atom. The number of nitrogens with zero attached hydrogens (tertiary/aromatic N) is 2. The normalized spacial score (nSPS) is 11.9. The van der Waals surface area contributed by atoms with Gasteiger partial charge in [-0.1, -0.05) is 32.0 Å². The molecule has 7 heteroatoms. The number of aliphatic imine (C=N–C) groups is 1. The van der Waals surface area contributed by atoms with E-state index in [1.165, 1.54) is 4.88 Å². The Balaban J connectivity index is 0.00000392. The lowest BCUT2D eigenvalue weighted by atomic mass is 9.91. The molecular formula is C21H33IN4OS. The molecule has 0 aliphatic carbocycles. The van der Waals surface area contributed by atoms with Crippen LogP contribution in [0.4, 0.5) is 0 Å². The predicted octanol–water partition coefficient (Wildman–Crippen LogP) is 3.95. The van der Waals surface area contributed by atoms with E-state index < -0.39 is 0 Å². The van der Waals surface area contributed by atoms with Crippen LogP contribution in [0, 0.1) is 0 Å². The van der Waals surface area contributed by atoms with Gasteiger partial charge in [0.1, 0.15) is 12.4 Å². The number of rotatable bonds is 9. The van der Waals surface area contributed by atoms with Crippen LogP contribution in [0.3, 0.4) is 0 Å². The average molecular weight is 516 g/mol. The Kier molecular flexibility index (Phi) is 10.8. The van der Waals surface area contributed by atoms with Gasteiger partial charge in [-0.2, -0.15) is 0 Å².